The smallest absolute Gasteiger partial charge is 0.313 e. The summed E-state index contributed by atoms with van der Waals surface area (Å²) in [4.78, 5) is 76.4. The second-order valence-corrected chi connectivity index (χ2v) is 15.8. The fourth-order valence-corrected chi connectivity index (χ4v) is 4.07. The summed E-state index contributed by atoms with van der Waals surface area (Å²) in [7, 11) is 0. The number of ether oxygens (including phenoxy) is 5. The molecule has 0 bridgehead atoms. The van der Waals surface area contributed by atoms with Crippen LogP contribution in [0.4, 0.5) is 0 Å². The van der Waals surface area contributed by atoms with Crippen molar-refractivity contribution in [1.29, 1.82) is 0 Å². The number of esters is 3. The molecule has 272 valence electrons. The molecule has 13 heteroatoms. The summed E-state index contributed by atoms with van der Waals surface area (Å²) < 4.78 is 28.8. The van der Waals surface area contributed by atoms with Crippen LogP contribution < -0.4 is 5.32 Å². The van der Waals surface area contributed by atoms with Crippen LogP contribution in [-0.2, 0) is 52.5 Å². The van der Waals surface area contributed by atoms with E-state index in [0.29, 0.717) is 0 Å². The number of carbonyl (C=O) groups is 6. The standard InChI is InChI=1S/C33H55NO12.CH4/c1-30(2,3)21(35)17-19-24(34-22(36)18-42-15-14-23(37)38)26(46-29(41)33(10,11)12)44-20(13-16-43-27(39)31(4,5)6)25(19)45-28(40)32(7,8)9;/h19-20,24-26H,13-18H2,1-12H3,(H,34,36)(H,37,38);1H4/t19-,20-,24-,25-,26?;/m0./s1. The van der Waals surface area contributed by atoms with Gasteiger partial charge in [-0.25, -0.2) is 0 Å². The van der Waals surface area contributed by atoms with E-state index in [-0.39, 0.29) is 45.7 Å². The molecule has 1 amide bonds. The van der Waals surface area contributed by atoms with Crippen LogP contribution in [0.2, 0.25) is 0 Å². The highest BCUT2D eigenvalue weighted by atomic mass is 16.7. The van der Waals surface area contributed by atoms with Gasteiger partial charge < -0.3 is 34.1 Å². The third-order valence-corrected chi connectivity index (χ3v) is 7.07. The van der Waals surface area contributed by atoms with E-state index in [4.69, 9.17) is 28.8 Å². The summed E-state index contributed by atoms with van der Waals surface area (Å²) in [5.41, 5.74) is -3.52. The molecule has 0 aliphatic carbocycles. The molecule has 0 radical (unpaired) electrons. The van der Waals surface area contributed by atoms with E-state index in [1.54, 1.807) is 83.1 Å². The molecular weight excluding hydrogens is 614 g/mol. The minimum atomic E-state index is -1.43. The predicted octanol–water partition coefficient (Wildman–Crippen LogP) is 4.47. The predicted molar refractivity (Wildman–Crippen MR) is 173 cm³/mol. The van der Waals surface area contributed by atoms with Crippen LogP contribution in [0, 0.1) is 27.6 Å². The van der Waals surface area contributed by atoms with Crippen molar-refractivity contribution >= 4 is 35.6 Å². The average Bonchev–Trinajstić information content (AvgIpc) is 2.87. The maximum atomic E-state index is 13.5. The molecule has 0 aromatic heterocycles. The first kappa shape index (κ1) is 43.9. The molecular formula is C34H59NO12. The molecule has 1 saturated heterocycles. The number of carbonyl (C=O) groups excluding carboxylic acids is 5. The summed E-state index contributed by atoms with van der Waals surface area (Å²) in [5, 5.41) is 11.6. The van der Waals surface area contributed by atoms with Crippen molar-refractivity contribution in [3.63, 3.8) is 0 Å². The molecule has 1 unspecified atom stereocenters. The Morgan fingerprint density at radius 2 is 1.23 bits per heavy atom. The van der Waals surface area contributed by atoms with Gasteiger partial charge >= 0.3 is 23.9 Å². The van der Waals surface area contributed by atoms with E-state index in [9.17, 15) is 28.8 Å². The van der Waals surface area contributed by atoms with Crippen molar-refractivity contribution in [2.45, 2.75) is 134 Å². The fraction of sp³-hybridized carbons (Fsp3) is 0.824. The van der Waals surface area contributed by atoms with Crippen molar-refractivity contribution < 1.29 is 57.6 Å². The van der Waals surface area contributed by atoms with Crippen molar-refractivity contribution in [2.24, 2.45) is 27.6 Å². The number of hydrogen-bond donors (Lipinski definition) is 2. The summed E-state index contributed by atoms with van der Waals surface area (Å²) in [6, 6.07) is -1.18. The van der Waals surface area contributed by atoms with Gasteiger partial charge in [0, 0.05) is 24.2 Å². The topological polar surface area (TPSA) is 181 Å². The van der Waals surface area contributed by atoms with Crippen LogP contribution in [-0.4, -0.2) is 85.0 Å². The molecule has 47 heavy (non-hydrogen) atoms. The maximum absolute atomic E-state index is 13.5. The van der Waals surface area contributed by atoms with Crippen LogP contribution in [0.1, 0.15) is 110 Å². The highest BCUT2D eigenvalue weighted by molar-refractivity contribution is 5.84. The Kier molecular flexibility index (Phi) is 16.2. The molecule has 5 atom stereocenters. The third kappa shape index (κ3) is 14.7. The SMILES string of the molecule is C.CC(C)(C)C(=O)C[C@@H]1[C@H](OC(=O)C(C)(C)C)[C@H](CCOC(=O)C(C)(C)C)OC(OC(=O)C(C)(C)C)[C@H]1NC(=O)COCCC(=O)O. The number of nitrogens with one attached hydrogen (secondary N) is 1. The number of hydrogen-bond acceptors (Lipinski definition) is 11. The zero-order valence-corrected chi connectivity index (χ0v) is 29.6. The second kappa shape index (κ2) is 17.4. The van der Waals surface area contributed by atoms with Gasteiger partial charge in [0.05, 0.1) is 41.9 Å². The van der Waals surface area contributed by atoms with Crippen LogP contribution >= 0.6 is 0 Å². The Morgan fingerprint density at radius 1 is 0.723 bits per heavy atom. The Hall–Kier alpha value is -3.06. The quantitative estimate of drug-likeness (QED) is 0.159. The lowest BCUT2D eigenvalue weighted by Gasteiger charge is -2.47. The van der Waals surface area contributed by atoms with Gasteiger partial charge in [0.2, 0.25) is 12.2 Å². The van der Waals surface area contributed by atoms with Gasteiger partial charge in [-0.05, 0) is 62.3 Å². The van der Waals surface area contributed by atoms with Crippen molar-refractivity contribution in [3.05, 3.63) is 0 Å². The summed E-state index contributed by atoms with van der Waals surface area (Å²) >= 11 is 0. The Morgan fingerprint density at radius 3 is 1.70 bits per heavy atom. The van der Waals surface area contributed by atoms with Crippen LogP contribution in [0.25, 0.3) is 0 Å². The lowest BCUT2D eigenvalue weighted by molar-refractivity contribution is -0.260. The van der Waals surface area contributed by atoms with Gasteiger partial charge in [-0.3, -0.25) is 28.8 Å². The number of carboxylic acid groups (broad SMARTS) is 1. The number of Topliss-reactive ketones (excluding diaryl/α,β-unsaturated/α-hetero) is 1. The van der Waals surface area contributed by atoms with Gasteiger partial charge in [0.1, 0.15) is 24.6 Å². The average molecular weight is 674 g/mol. The largest absolute Gasteiger partial charge is 0.481 e. The number of carboxylic acids is 1. The van der Waals surface area contributed by atoms with Crippen molar-refractivity contribution in [3.8, 4) is 0 Å². The summed E-state index contributed by atoms with van der Waals surface area (Å²) in [5.74, 6) is -4.67. The number of amides is 1. The summed E-state index contributed by atoms with van der Waals surface area (Å²) in [6.45, 7) is 19.3. The van der Waals surface area contributed by atoms with E-state index in [2.05, 4.69) is 5.32 Å². The first-order valence-electron chi connectivity index (χ1n) is 15.6. The lowest BCUT2D eigenvalue weighted by atomic mass is 9.77. The summed E-state index contributed by atoms with van der Waals surface area (Å²) in [6.07, 6.45) is -4.06. The second-order valence-electron chi connectivity index (χ2n) is 15.8. The first-order valence-corrected chi connectivity index (χ1v) is 15.6. The first-order chi connectivity index (χ1) is 20.7. The molecule has 2 N–H and O–H groups in total. The monoisotopic (exact) mass is 673 g/mol. The van der Waals surface area contributed by atoms with E-state index in [0.717, 1.165) is 0 Å². The van der Waals surface area contributed by atoms with Crippen LogP contribution in [0.5, 0.6) is 0 Å². The van der Waals surface area contributed by atoms with Crippen LogP contribution in [0.3, 0.4) is 0 Å². The molecule has 13 nitrogen and oxygen atoms in total. The van der Waals surface area contributed by atoms with Gasteiger partial charge in [0.25, 0.3) is 0 Å². The Balaban J connectivity index is 0.0000212. The van der Waals surface area contributed by atoms with E-state index in [1.165, 1.54) is 0 Å². The molecule has 0 aromatic rings. The molecule has 0 saturated carbocycles. The van der Waals surface area contributed by atoms with Gasteiger partial charge in [-0.1, -0.05) is 28.2 Å². The van der Waals surface area contributed by atoms with Crippen molar-refractivity contribution in [2.75, 3.05) is 19.8 Å². The molecule has 1 heterocycles. The molecule has 1 aliphatic rings. The number of rotatable bonds is 13. The van der Waals surface area contributed by atoms with E-state index >= 15 is 0 Å². The van der Waals surface area contributed by atoms with E-state index in [1.807, 2.05) is 0 Å². The highest BCUT2D eigenvalue weighted by Crippen LogP contribution is 2.37. The van der Waals surface area contributed by atoms with Gasteiger partial charge in [0.15, 0.2) is 0 Å². The zero-order chi connectivity index (χ0) is 35.8. The molecule has 0 aromatic carbocycles. The zero-order valence-electron chi connectivity index (χ0n) is 29.6. The molecule has 0 spiro atoms. The normalized spacial score (nSPS) is 21.9. The molecule has 1 rings (SSSR count). The minimum Gasteiger partial charge on any atom is -0.481 e. The number of aliphatic carboxylic acids is 1. The fourth-order valence-electron chi connectivity index (χ4n) is 4.07. The van der Waals surface area contributed by atoms with E-state index < -0.39 is 88.5 Å². The molecule has 1 fully saturated rings. The third-order valence-electron chi connectivity index (χ3n) is 7.07. The molecule has 1 aliphatic heterocycles. The number of ketones is 1. The van der Waals surface area contributed by atoms with Crippen molar-refractivity contribution in [1.82, 2.24) is 5.32 Å². The lowest BCUT2D eigenvalue weighted by Crippen LogP contribution is -2.64. The minimum absolute atomic E-state index is 0. The van der Waals surface area contributed by atoms with Crippen LogP contribution in [0.15, 0.2) is 0 Å². The Labute approximate surface area is 280 Å². The van der Waals surface area contributed by atoms with Gasteiger partial charge in [-0.15, -0.1) is 0 Å². The van der Waals surface area contributed by atoms with Gasteiger partial charge in [-0.2, -0.15) is 0 Å². The Bertz CT molecular complexity index is 1100. The maximum Gasteiger partial charge on any atom is 0.313 e. The highest BCUT2D eigenvalue weighted by Gasteiger charge is 2.52.